The number of ether oxygens (including phenoxy) is 3. The Hall–Kier alpha value is -2.11. The van der Waals surface area contributed by atoms with Gasteiger partial charge in [-0.25, -0.2) is 9.59 Å². The Morgan fingerprint density at radius 2 is 2.16 bits per heavy atom. The minimum atomic E-state index is -0.762. The van der Waals surface area contributed by atoms with E-state index in [1.165, 1.54) is 20.1 Å². The first-order chi connectivity index (χ1) is 8.93. The average molecular weight is 266 g/mol. The van der Waals surface area contributed by atoms with Crippen molar-refractivity contribution in [3.05, 3.63) is 23.8 Å². The van der Waals surface area contributed by atoms with Crippen molar-refractivity contribution in [3.63, 3.8) is 0 Å². The van der Waals surface area contributed by atoms with E-state index in [9.17, 15) is 14.4 Å². The van der Waals surface area contributed by atoms with Gasteiger partial charge in [0, 0.05) is 12.0 Å². The SMILES string of the molecule is C=C(C)C(=O)O[C@@H]1C[C@@H]2OC(=O)[C@H]1C=C2C(=O)OC. The summed E-state index contributed by atoms with van der Waals surface area (Å²) in [5.41, 5.74) is 0.557. The van der Waals surface area contributed by atoms with Crippen LogP contribution in [0.25, 0.3) is 0 Å². The maximum absolute atomic E-state index is 11.6. The summed E-state index contributed by atoms with van der Waals surface area (Å²) in [7, 11) is 1.26. The second kappa shape index (κ2) is 4.87. The quantitative estimate of drug-likeness (QED) is 0.421. The molecule has 2 heterocycles. The molecule has 6 heteroatoms. The number of fused-ring (bicyclic) bond motifs is 2. The fourth-order valence-corrected chi connectivity index (χ4v) is 2.12. The lowest BCUT2D eigenvalue weighted by atomic mass is 9.82. The van der Waals surface area contributed by atoms with Gasteiger partial charge in [-0.1, -0.05) is 12.7 Å². The molecule has 3 aliphatic rings. The van der Waals surface area contributed by atoms with Crippen molar-refractivity contribution in [2.24, 2.45) is 5.92 Å². The molecule has 0 saturated carbocycles. The lowest BCUT2D eigenvalue weighted by Gasteiger charge is -2.38. The molecule has 0 radical (unpaired) electrons. The van der Waals surface area contributed by atoms with Gasteiger partial charge in [-0.3, -0.25) is 4.79 Å². The minimum Gasteiger partial charge on any atom is -0.466 e. The summed E-state index contributed by atoms with van der Waals surface area (Å²) < 4.78 is 14.9. The van der Waals surface area contributed by atoms with E-state index < -0.39 is 36.0 Å². The van der Waals surface area contributed by atoms with Crippen LogP contribution < -0.4 is 0 Å². The summed E-state index contributed by atoms with van der Waals surface area (Å²) in [6.07, 6.45) is 0.384. The van der Waals surface area contributed by atoms with E-state index in [4.69, 9.17) is 9.47 Å². The molecule has 1 fully saturated rings. The maximum atomic E-state index is 11.6. The molecule has 0 aromatic carbocycles. The molecule has 0 N–H and O–H groups in total. The van der Waals surface area contributed by atoms with Gasteiger partial charge in [0.15, 0.2) is 0 Å². The minimum absolute atomic E-state index is 0.256. The van der Waals surface area contributed by atoms with Gasteiger partial charge >= 0.3 is 17.9 Å². The van der Waals surface area contributed by atoms with Crippen molar-refractivity contribution in [1.82, 2.24) is 0 Å². The zero-order chi connectivity index (χ0) is 14.2. The van der Waals surface area contributed by atoms with Crippen molar-refractivity contribution in [2.45, 2.75) is 25.6 Å². The van der Waals surface area contributed by atoms with E-state index in [0.29, 0.717) is 5.57 Å². The summed E-state index contributed by atoms with van der Waals surface area (Å²) in [6, 6.07) is 0. The number of carbonyl (C=O) groups excluding carboxylic acids is 3. The Morgan fingerprint density at radius 3 is 2.68 bits per heavy atom. The molecule has 2 aliphatic heterocycles. The molecular formula is C13H14O6. The standard InChI is InChI=1S/C13H14O6/c1-6(2)11(14)18-10-5-9-7(12(15)17-3)4-8(10)13(16)19-9/h4,8-10H,1,5H2,2-3H3/t8-,9-,10+/m0/s1. The summed E-state index contributed by atoms with van der Waals surface area (Å²) in [5, 5.41) is 0. The molecule has 0 amide bonds. The number of methoxy groups -OCH3 is 1. The van der Waals surface area contributed by atoms with Crippen molar-refractivity contribution < 1.29 is 28.6 Å². The zero-order valence-electron chi connectivity index (χ0n) is 10.7. The van der Waals surface area contributed by atoms with Crippen LogP contribution in [0.4, 0.5) is 0 Å². The van der Waals surface area contributed by atoms with Crippen LogP contribution in [0.2, 0.25) is 0 Å². The lowest BCUT2D eigenvalue weighted by Crippen LogP contribution is -2.49. The molecule has 1 saturated heterocycles. The largest absolute Gasteiger partial charge is 0.466 e. The third kappa shape index (κ3) is 2.38. The third-order valence-corrected chi connectivity index (χ3v) is 3.11. The molecule has 2 bridgehead atoms. The van der Waals surface area contributed by atoms with E-state index in [1.807, 2.05) is 0 Å². The number of rotatable bonds is 3. The Balaban J connectivity index is 2.19. The smallest absolute Gasteiger partial charge is 0.337 e. The second-order valence-electron chi connectivity index (χ2n) is 4.52. The molecule has 102 valence electrons. The van der Waals surface area contributed by atoms with Crippen molar-refractivity contribution in [1.29, 1.82) is 0 Å². The molecule has 1 aliphatic carbocycles. The first-order valence-electron chi connectivity index (χ1n) is 5.81. The predicted molar refractivity (Wildman–Crippen MR) is 62.8 cm³/mol. The topological polar surface area (TPSA) is 78.9 Å². The van der Waals surface area contributed by atoms with Crippen LogP contribution in [0, 0.1) is 5.92 Å². The Morgan fingerprint density at radius 1 is 1.47 bits per heavy atom. The molecular weight excluding hydrogens is 252 g/mol. The van der Waals surface area contributed by atoms with Crippen LogP contribution in [-0.4, -0.2) is 37.2 Å². The molecule has 19 heavy (non-hydrogen) atoms. The van der Waals surface area contributed by atoms with Crippen LogP contribution in [0.5, 0.6) is 0 Å². The molecule has 0 spiro atoms. The van der Waals surface area contributed by atoms with Gasteiger partial charge in [0.1, 0.15) is 18.1 Å². The monoisotopic (exact) mass is 266 g/mol. The summed E-state index contributed by atoms with van der Waals surface area (Å²) in [4.78, 5) is 34.6. The van der Waals surface area contributed by atoms with Gasteiger partial charge in [0.25, 0.3) is 0 Å². The fraction of sp³-hybridized carbons (Fsp3) is 0.462. The Bertz CT molecular complexity index is 489. The Labute approximate surface area is 110 Å². The normalized spacial score (nSPS) is 28.2. The van der Waals surface area contributed by atoms with Crippen molar-refractivity contribution in [3.8, 4) is 0 Å². The first kappa shape index (κ1) is 13.3. The highest BCUT2D eigenvalue weighted by Gasteiger charge is 2.47. The van der Waals surface area contributed by atoms with Crippen LogP contribution in [0.3, 0.4) is 0 Å². The van der Waals surface area contributed by atoms with Gasteiger partial charge in [-0.05, 0) is 6.92 Å². The van der Waals surface area contributed by atoms with E-state index in [2.05, 4.69) is 11.3 Å². The highest BCUT2D eigenvalue weighted by Crippen LogP contribution is 2.35. The fourth-order valence-electron chi connectivity index (χ4n) is 2.12. The number of hydrogen-bond acceptors (Lipinski definition) is 6. The lowest BCUT2D eigenvalue weighted by molar-refractivity contribution is -0.175. The van der Waals surface area contributed by atoms with Gasteiger partial charge in [-0.2, -0.15) is 0 Å². The van der Waals surface area contributed by atoms with Crippen LogP contribution in [-0.2, 0) is 28.6 Å². The zero-order valence-corrected chi connectivity index (χ0v) is 10.7. The number of hydrogen-bond donors (Lipinski definition) is 0. The second-order valence-corrected chi connectivity index (χ2v) is 4.52. The predicted octanol–water partition coefficient (Wildman–Crippen LogP) is 0.519. The van der Waals surface area contributed by atoms with Gasteiger partial charge in [-0.15, -0.1) is 0 Å². The number of carbonyl (C=O) groups is 3. The van der Waals surface area contributed by atoms with Gasteiger partial charge in [0.2, 0.25) is 0 Å². The Kier molecular flexibility index (Phi) is 3.42. The molecule has 0 unspecified atom stereocenters. The van der Waals surface area contributed by atoms with Crippen LogP contribution in [0.1, 0.15) is 13.3 Å². The van der Waals surface area contributed by atoms with E-state index in [0.717, 1.165) is 0 Å². The highest BCUT2D eigenvalue weighted by atomic mass is 16.6. The van der Waals surface area contributed by atoms with Gasteiger partial charge in [0.05, 0.1) is 12.7 Å². The van der Waals surface area contributed by atoms with Crippen LogP contribution in [0.15, 0.2) is 23.8 Å². The van der Waals surface area contributed by atoms with E-state index in [-0.39, 0.29) is 12.0 Å². The maximum Gasteiger partial charge on any atom is 0.337 e. The van der Waals surface area contributed by atoms with E-state index >= 15 is 0 Å². The summed E-state index contributed by atoms with van der Waals surface area (Å²) >= 11 is 0. The average Bonchev–Trinajstić information content (AvgIpc) is 2.37. The molecule has 6 nitrogen and oxygen atoms in total. The molecule has 3 rings (SSSR count). The van der Waals surface area contributed by atoms with E-state index in [1.54, 1.807) is 0 Å². The van der Waals surface area contributed by atoms with Gasteiger partial charge < -0.3 is 14.2 Å². The molecule has 0 aromatic rings. The summed E-state index contributed by atoms with van der Waals surface area (Å²) in [6.45, 7) is 5.00. The van der Waals surface area contributed by atoms with Crippen LogP contribution >= 0.6 is 0 Å². The first-order valence-corrected chi connectivity index (χ1v) is 5.81. The molecule has 0 aromatic heterocycles. The number of esters is 3. The summed E-state index contributed by atoms with van der Waals surface area (Å²) in [5.74, 6) is -2.35. The highest BCUT2D eigenvalue weighted by molar-refractivity contribution is 5.94. The third-order valence-electron chi connectivity index (χ3n) is 3.11. The van der Waals surface area contributed by atoms with Crippen molar-refractivity contribution >= 4 is 17.9 Å². The van der Waals surface area contributed by atoms with Crippen molar-refractivity contribution in [2.75, 3.05) is 7.11 Å². The molecule has 3 atom stereocenters.